The lowest BCUT2D eigenvalue weighted by atomic mass is 10.5. The Hall–Kier alpha value is 1.07. The maximum atomic E-state index is 4.09. The topological polar surface area (TPSA) is 12.9 Å². The Kier molecular flexibility index (Phi) is 3.34. The number of pyridine rings is 1. The van der Waals surface area contributed by atoms with Crippen LogP contribution in [0, 0.1) is 0 Å². The highest BCUT2D eigenvalue weighted by Gasteiger charge is 2.03. The van der Waals surface area contributed by atoms with E-state index in [0.717, 1.165) is 18.2 Å². The maximum Gasteiger partial charge on any atom is 0.122 e. The molecule has 1 heterocycles. The van der Waals surface area contributed by atoms with Gasteiger partial charge in [0, 0.05) is 4.47 Å². The van der Waals surface area contributed by atoms with Gasteiger partial charge in [-0.25, -0.2) is 4.98 Å². The van der Waals surface area contributed by atoms with Crippen LogP contribution in [0.5, 0.6) is 0 Å². The van der Waals surface area contributed by atoms with Crippen LogP contribution in [0.1, 0.15) is 0 Å². The van der Waals surface area contributed by atoms with Gasteiger partial charge in [-0.15, -0.1) is 0 Å². The maximum absolute atomic E-state index is 4.09. The van der Waals surface area contributed by atoms with Gasteiger partial charge in [-0.05, 0) is 69.8 Å². The highest BCUT2D eigenvalue weighted by molar-refractivity contribution is 9.14. The molecule has 1 aromatic heterocycles. The van der Waals surface area contributed by atoms with E-state index in [-0.39, 0.29) is 0 Å². The summed E-state index contributed by atoms with van der Waals surface area (Å²) >= 11 is 13.2. The molecule has 0 aromatic carbocycles. The van der Waals surface area contributed by atoms with Crippen LogP contribution in [0.25, 0.3) is 0 Å². The molecular weight excluding hydrogens is 394 g/mol. The first kappa shape index (κ1) is 9.16. The van der Waals surface area contributed by atoms with Gasteiger partial charge >= 0.3 is 0 Å². The number of halogens is 4. The number of hydrogen-bond donors (Lipinski definition) is 0. The van der Waals surface area contributed by atoms with Crippen molar-refractivity contribution in [3.63, 3.8) is 0 Å². The third kappa shape index (κ3) is 2.03. The van der Waals surface area contributed by atoms with Crippen molar-refractivity contribution < 1.29 is 0 Å². The molecule has 0 atom stereocenters. The Morgan fingerprint density at radius 2 is 1.70 bits per heavy atom. The van der Waals surface area contributed by atoms with Crippen molar-refractivity contribution in [2.75, 3.05) is 0 Å². The number of aromatic nitrogens is 1. The van der Waals surface area contributed by atoms with E-state index in [9.17, 15) is 0 Å². The molecule has 0 saturated carbocycles. The molecule has 0 aliphatic rings. The third-order valence-corrected chi connectivity index (χ3v) is 4.31. The minimum Gasteiger partial charge on any atom is -0.233 e. The van der Waals surface area contributed by atoms with Gasteiger partial charge in [0.2, 0.25) is 0 Å². The summed E-state index contributed by atoms with van der Waals surface area (Å²) < 4.78 is 3.49. The number of nitrogens with zero attached hydrogens (tertiary/aromatic N) is 1. The molecule has 0 saturated heterocycles. The highest BCUT2D eigenvalue weighted by atomic mass is 79.9. The fourth-order valence-corrected chi connectivity index (χ4v) is 2.67. The minimum atomic E-state index is 0.786. The molecule has 0 aliphatic carbocycles. The van der Waals surface area contributed by atoms with Crippen LogP contribution < -0.4 is 0 Å². The average molecular weight is 395 g/mol. The summed E-state index contributed by atoms with van der Waals surface area (Å²) in [7, 11) is 0. The lowest BCUT2D eigenvalue weighted by Gasteiger charge is -1.98. The normalized spacial score (nSPS) is 10.0. The Morgan fingerprint density at radius 3 is 2.20 bits per heavy atom. The average Bonchev–Trinajstić information content (AvgIpc) is 1.82. The first-order chi connectivity index (χ1) is 4.61. The zero-order valence-corrected chi connectivity index (χ0v) is 10.9. The summed E-state index contributed by atoms with van der Waals surface area (Å²) in [5.41, 5.74) is 0. The third-order valence-electron chi connectivity index (χ3n) is 0.842. The largest absolute Gasteiger partial charge is 0.233 e. The summed E-state index contributed by atoms with van der Waals surface area (Å²) in [5, 5.41) is 0. The van der Waals surface area contributed by atoms with Gasteiger partial charge < -0.3 is 0 Å². The molecule has 0 spiro atoms. The standard InChI is InChI=1S/C5HBr4N/c6-2-1-3(7)10-5(9)4(2)8/h1H. The molecular formula is C5HBr4N. The quantitative estimate of drug-likeness (QED) is 0.603. The van der Waals surface area contributed by atoms with Gasteiger partial charge in [0.05, 0.1) is 4.47 Å². The smallest absolute Gasteiger partial charge is 0.122 e. The predicted octanol–water partition coefficient (Wildman–Crippen LogP) is 4.13. The van der Waals surface area contributed by atoms with Crippen LogP contribution in [0.2, 0.25) is 0 Å². The summed E-state index contributed by atoms with van der Waals surface area (Å²) in [5.74, 6) is 0. The van der Waals surface area contributed by atoms with Gasteiger partial charge in [-0.1, -0.05) is 0 Å². The Bertz CT molecular complexity index is 237. The first-order valence-corrected chi connectivity index (χ1v) is 5.45. The van der Waals surface area contributed by atoms with E-state index in [4.69, 9.17) is 0 Å². The zero-order valence-electron chi connectivity index (χ0n) is 4.54. The monoisotopic (exact) mass is 391 g/mol. The van der Waals surface area contributed by atoms with Crippen LogP contribution >= 0.6 is 63.7 Å². The van der Waals surface area contributed by atoms with Crippen molar-refractivity contribution >= 4 is 63.7 Å². The van der Waals surface area contributed by atoms with Gasteiger partial charge in [-0.2, -0.15) is 0 Å². The lowest BCUT2D eigenvalue weighted by molar-refractivity contribution is 1.20. The highest BCUT2D eigenvalue weighted by Crippen LogP contribution is 2.31. The van der Waals surface area contributed by atoms with E-state index in [0.29, 0.717) is 0 Å². The molecule has 0 aliphatic heterocycles. The van der Waals surface area contributed by atoms with Gasteiger partial charge in [-0.3, -0.25) is 0 Å². The molecule has 10 heavy (non-hydrogen) atoms. The number of rotatable bonds is 0. The lowest BCUT2D eigenvalue weighted by Crippen LogP contribution is -1.79. The SMILES string of the molecule is Brc1cc(Br)c(Br)c(Br)n1. The molecule has 0 radical (unpaired) electrons. The van der Waals surface area contributed by atoms with Crippen molar-refractivity contribution in [3.8, 4) is 0 Å². The summed E-state index contributed by atoms with van der Waals surface area (Å²) in [6, 6.07) is 1.87. The van der Waals surface area contributed by atoms with Gasteiger partial charge in [0.15, 0.2) is 0 Å². The summed E-state index contributed by atoms with van der Waals surface area (Å²) in [6.45, 7) is 0. The van der Waals surface area contributed by atoms with Gasteiger partial charge in [0.1, 0.15) is 9.21 Å². The molecule has 54 valence electrons. The van der Waals surface area contributed by atoms with Crippen molar-refractivity contribution in [2.45, 2.75) is 0 Å². The Balaban J connectivity index is 3.31. The molecule has 0 N–H and O–H groups in total. The molecule has 0 fully saturated rings. The van der Waals surface area contributed by atoms with E-state index < -0.39 is 0 Å². The summed E-state index contributed by atoms with van der Waals surface area (Å²) in [4.78, 5) is 4.09. The van der Waals surface area contributed by atoms with Crippen molar-refractivity contribution in [1.29, 1.82) is 0 Å². The molecule has 1 aromatic rings. The van der Waals surface area contributed by atoms with Crippen LogP contribution in [-0.4, -0.2) is 4.98 Å². The number of hydrogen-bond acceptors (Lipinski definition) is 1. The van der Waals surface area contributed by atoms with E-state index in [1.165, 1.54) is 0 Å². The van der Waals surface area contributed by atoms with Crippen molar-refractivity contribution in [1.82, 2.24) is 4.98 Å². The van der Waals surface area contributed by atoms with Crippen LogP contribution in [0.15, 0.2) is 24.2 Å². The molecule has 0 bridgehead atoms. The van der Waals surface area contributed by atoms with Crippen LogP contribution in [0.3, 0.4) is 0 Å². The van der Waals surface area contributed by atoms with E-state index in [1.807, 2.05) is 6.07 Å². The van der Waals surface area contributed by atoms with Gasteiger partial charge in [0.25, 0.3) is 0 Å². The zero-order chi connectivity index (χ0) is 7.72. The Labute approximate surface area is 92.1 Å². The molecule has 1 nitrogen and oxygen atoms in total. The second kappa shape index (κ2) is 3.65. The Morgan fingerprint density at radius 1 is 1.10 bits per heavy atom. The van der Waals surface area contributed by atoms with E-state index in [1.54, 1.807) is 0 Å². The molecule has 1 rings (SSSR count). The second-order valence-corrected chi connectivity index (χ2v) is 4.74. The molecule has 5 heteroatoms. The van der Waals surface area contributed by atoms with Crippen LogP contribution in [-0.2, 0) is 0 Å². The molecule has 0 amide bonds. The minimum absolute atomic E-state index is 0.786. The fraction of sp³-hybridized carbons (Fsp3) is 0. The van der Waals surface area contributed by atoms with E-state index >= 15 is 0 Å². The van der Waals surface area contributed by atoms with E-state index in [2.05, 4.69) is 68.7 Å². The second-order valence-electron chi connectivity index (χ2n) is 1.53. The van der Waals surface area contributed by atoms with Crippen molar-refractivity contribution in [2.24, 2.45) is 0 Å². The predicted molar refractivity (Wildman–Crippen MR) is 55.0 cm³/mol. The van der Waals surface area contributed by atoms with Crippen LogP contribution in [0.4, 0.5) is 0 Å². The fourth-order valence-electron chi connectivity index (χ4n) is 0.442. The summed E-state index contributed by atoms with van der Waals surface area (Å²) in [6.07, 6.45) is 0. The molecule has 0 unspecified atom stereocenters. The first-order valence-electron chi connectivity index (χ1n) is 2.28. The van der Waals surface area contributed by atoms with Crippen molar-refractivity contribution in [3.05, 3.63) is 24.2 Å².